The Bertz CT molecular complexity index is 1100. The summed E-state index contributed by atoms with van der Waals surface area (Å²) < 4.78 is 5.40. The molecule has 1 saturated carbocycles. The van der Waals surface area contributed by atoms with Crippen LogP contribution in [0.2, 0.25) is 0 Å². The molecule has 0 N–H and O–H groups in total. The molecule has 33 heavy (non-hydrogen) atoms. The van der Waals surface area contributed by atoms with E-state index in [1.165, 1.54) is 6.42 Å². The number of carbonyl (C=O) groups is 1. The van der Waals surface area contributed by atoms with Crippen molar-refractivity contribution in [3.63, 3.8) is 0 Å². The first-order chi connectivity index (χ1) is 16.2. The maximum absolute atomic E-state index is 14.0. The number of allylic oxidation sites excluding steroid dienone is 4. The number of piperidine rings is 1. The Kier molecular flexibility index (Phi) is 6.36. The van der Waals surface area contributed by atoms with Crippen molar-refractivity contribution in [3.8, 4) is 5.75 Å². The molecule has 0 radical (unpaired) electrons. The summed E-state index contributed by atoms with van der Waals surface area (Å²) in [6.07, 6.45) is 12.9. The predicted octanol–water partition coefficient (Wildman–Crippen LogP) is 5.58. The molecular formula is C26H29ClN4O2. The third-order valence-electron chi connectivity index (χ3n) is 6.47. The molecule has 2 aliphatic carbocycles. The number of halogens is 1. The zero-order chi connectivity index (χ0) is 22.8. The normalized spacial score (nSPS) is 18.4. The zero-order valence-electron chi connectivity index (χ0n) is 19.0. The number of benzene rings is 1. The number of anilines is 2. The zero-order valence-corrected chi connectivity index (χ0v) is 19.7. The molecule has 1 aliphatic heterocycles. The first-order valence-electron chi connectivity index (χ1n) is 11.8. The molecule has 0 bridgehead atoms. The molecule has 2 fully saturated rings. The fraction of sp³-hybridized carbons (Fsp3) is 0.423. The molecule has 2 heterocycles. The van der Waals surface area contributed by atoms with Crippen LogP contribution < -0.4 is 14.5 Å². The summed E-state index contributed by atoms with van der Waals surface area (Å²) in [6, 6.07) is 7.83. The molecule has 3 aliphatic rings. The van der Waals surface area contributed by atoms with Crippen LogP contribution in [-0.4, -0.2) is 42.1 Å². The fourth-order valence-electron chi connectivity index (χ4n) is 4.54. The van der Waals surface area contributed by atoms with Gasteiger partial charge in [-0.15, -0.1) is 0 Å². The average Bonchev–Trinajstić information content (AvgIpc) is 3.70. The molecule has 0 spiro atoms. The van der Waals surface area contributed by atoms with Gasteiger partial charge in [0.2, 0.25) is 5.95 Å². The molecule has 0 atom stereocenters. The van der Waals surface area contributed by atoms with Crippen molar-refractivity contribution in [2.24, 2.45) is 0 Å². The van der Waals surface area contributed by atoms with Crippen molar-refractivity contribution in [1.29, 1.82) is 0 Å². The highest BCUT2D eigenvalue weighted by molar-refractivity contribution is 6.33. The van der Waals surface area contributed by atoms with Gasteiger partial charge in [-0.2, -0.15) is 0 Å². The lowest BCUT2D eigenvalue weighted by atomic mass is 9.99. The van der Waals surface area contributed by atoms with Gasteiger partial charge in [-0.1, -0.05) is 29.8 Å². The molecule has 1 amide bonds. The molecule has 1 aromatic heterocycles. The maximum atomic E-state index is 14.0. The Balaban J connectivity index is 1.58. The van der Waals surface area contributed by atoms with E-state index in [4.69, 9.17) is 21.3 Å². The summed E-state index contributed by atoms with van der Waals surface area (Å²) >= 11 is 6.66. The van der Waals surface area contributed by atoms with E-state index in [0.29, 0.717) is 17.2 Å². The van der Waals surface area contributed by atoms with E-state index in [2.05, 4.69) is 16.0 Å². The molecule has 172 valence electrons. The molecule has 2 aromatic rings. The quantitative estimate of drug-likeness (QED) is 0.558. The molecule has 7 heteroatoms. The summed E-state index contributed by atoms with van der Waals surface area (Å²) in [5, 5.41) is 0.745. The van der Waals surface area contributed by atoms with Gasteiger partial charge in [0.15, 0.2) is 0 Å². The van der Waals surface area contributed by atoms with E-state index in [1.54, 1.807) is 13.3 Å². The van der Waals surface area contributed by atoms with Crippen LogP contribution in [0.15, 0.2) is 47.6 Å². The van der Waals surface area contributed by atoms with Crippen LogP contribution in [-0.2, 0) is 0 Å². The van der Waals surface area contributed by atoms with Gasteiger partial charge in [0.05, 0.1) is 18.4 Å². The lowest BCUT2D eigenvalue weighted by Gasteiger charge is -2.28. The minimum Gasteiger partial charge on any atom is -0.497 e. The second-order valence-electron chi connectivity index (χ2n) is 8.85. The van der Waals surface area contributed by atoms with Crippen molar-refractivity contribution in [2.75, 3.05) is 30.0 Å². The summed E-state index contributed by atoms with van der Waals surface area (Å²) in [4.78, 5) is 27.6. The molecular weight excluding hydrogens is 436 g/mol. The third-order valence-corrected chi connectivity index (χ3v) is 6.86. The fourth-order valence-corrected chi connectivity index (χ4v) is 4.80. The summed E-state index contributed by atoms with van der Waals surface area (Å²) in [5.41, 5.74) is 2.77. The Morgan fingerprint density at radius 2 is 2.03 bits per heavy atom. The lowest BCUT2D eigenvalue weighted by molar-refractivity contribution is 0.0984. The highest BCUT2D eigenvalue weighted by atomic mass is 35.5. The van der Waals surface area contributed by atoms with E-state index >= 15 is 0 Å². The van der Waals surface area contributed by atoms with Gasteiger partial charge in [-0.3, -0.25) is 4.79 Å². The van der Waals surface area contributed by atoms with Crippen LogP contribution in [0.4, 0.5) is 11.6 Å². The van der Waals surface area contributed by atoms with Crippen LogP contribution in [0, 0.1) is 0 Å². The first-order valence-corrected chi connectivity index (χ1v) is 12.2. The number of carbonyl (C=O) groups excluding carboxylic acids is 1. The minimum atomic E-state index is -0.0955. The van der Waals surface area contributed by atoms with Gasteiger partial charge < -0.3 is 14.5 Å². The number of methoxy groups -OCH3 is 1. The molecule has 1 saturated heterocycles. The topological polar surface area (TPSA) is 58.6 Å². The predicted molar refractivity (Wildman–Crippen MR) is 132 cm³/mol. The number of aromatic nitrogens is 2. The minimum absolute atomic E-state index is 0.0955. The second kappa shape index (κ2) is 9.56. The monoisotopic (exact) mass is 464 g/mol. The van der Waals surface area contributed by atoms with Crippen LogP contribution in [0.3, 0.4) is 0 Å². The van der Waals surface area contributed by atoms with Gasteiger partial charge in [0, 0.05) is 47.7 Å². The van der Waals surface area contributed by atoms with Crippen molar-refractivity contribution in [3.05, 3.63) is 58.9 Å². The van der Waals surface area contributed by atoms with E-state index in [-0.39, 0.29) is 11.9 Å². The van der Waals surface area contributed by atoms with E-state index in [0.717, 1.165) is 73.7 Å². The average molecular weight is 465 g/mol. The van der Waals surface area contributed by atoms with Crippen molar-refractivity contribution >= 4 is 34.7 Å². The van der Waals surface area contributed by atoms with Crippen molar-refractivity contribution < 1.29 is 9.53 Å². The maximum Gasteiger partial charge on any atom is 0.262 e. The van der Waals surface area contributed by atoms with Crippen molar-refractivity contribution in [1.82, 2.24) is 9.97 Å². The van der Waals surface area contributed by atoms with E-state index in [9.17, 15) is 4.79 Å². The summed E-state index contributed by atoms with van der Waals surface area (Å²) in [6.45, 7) is 1.88. The number of rotatable bonds is 6. The smallest absolute Gasteiger partial charge is 0.262 e. The molecule has 5 rings (SSSR count). The Morgan fingerprint density at radius 1 is 1.21 bits per heavy atom. The van der Waals surface area contributed by atoms with Gasteiger partial charge >= 0.3 is 0 Å². The lowest BCUT2D eigenvalue weighted by Crippen LogP contribution is -2.35. The highest BCUT2D eigenvalue weighted by Crippen LogP contribution is 2.37. The van der Waals surface area contributed by atoms with Crippen molar-refractivity contribution in [2.45, 2.75) is 51.0 Å². The van der Waals surface area contributed by atoms with Crippen LogP contribution in [0.25, 0.3) is 5.57 Å². The summed E-state index contributed by atoms with van der Waals surface area (Å²) in [7, 11) is 1.64. The van der Waals surface area contributed by atoms with Gasteiger partial charge in [0.25, 0.3) is 5.91 Å². The number of hydrogen-bond acceptors (Lipinski definition) is 5. The Hall–Kier alpha value is -2.86. The Morgan fingerprint density at radius 3 is 2.76 bits per heavy atom. The number of nitrogens with zero attached hydrogens (tertiary/aromatic N) is 4. The standard InChI is InChI=1S/C26H29ClN4O2/c1-33-20-9-7-8-19(16-20)31(18-12-13-18)25(32)22-17-28-26(30-14-5-2-6-15-30)29-24(22)21-10-3-4-11-23(21)27/h3,7-10,16-18H,2,4-6,11-15H2,1H3. The van der Waals surface area contributed by atoms with Crippen LogP contribution in [0.5, 0.6) is 5.75 Å². The SMILES string of the molecule is COc1cccc(N(C(=O)c2cnc(N3CCCCC3)nc2C2=C(Cl)CCC=C2)C2CC2)c1. The largest absolute Gasteiger partial charge is 0.497 e. The molecule has 6 nitrogen and oxygen atoms in total. The van der Waals surface area contributed by atoms with Gasteiger partial charge in [0.1, 0.15) is 5.75 Å². The molecule has 1 aromatic carbocycles. The summed E-state index contributed by atoms with van der Waals surface area (Å²) in [5.74, 6) is 1.31. The Labute approximate surface area is 199 Å². The van der Waals surface area contributed by atoms with Gasteiger partial charge in [-0.25, -0.2) is 9.97 Å². The van der Waals surface area contributed by atoms with Crippen LogP contribution >= 0.6 is 11.6 Å². The number of hydrogen-bond donors (Lipinski definition) is 0. The van der Waals surface area contributed by atoms with E-state index in [1.807, 2.05) is 35.2 Å². The second-order valence-corrected chi connectivity index (χ2v) is 9.30. The highest BCUT2D eigenvalue weighted by Gasteiger charge is 2.36. The van der Waals surface area contributed by atoms with Gasteiger partial charge in [-0.05, 0) is 57.1 Å². The van der Waals surface area contributed by atoms with Crippen LogP contribution in [0.1, 0.15) is 61.0 Å². The van der Waals surface area contributed by atoms with E-state index < -0.39 is 0 Å². The number of amides is 1. The molecule has 0 unspecified atom stereocenters. The third kappa shape index (κ3) is 4.62. The number of ether oxygens (including phenoxy) is 1. The first kappa shape index (κ1) is 22.0.